The van der Waals surface area contributed by atoms with E-state index in [1.165, 1.54) is 0 Å². The summed E-state index contributed by atoms with van der Waals surface area (Å²) in [5.41, 5.74) is 1.29. The molecule has 2 N–H and O–H groups in total. The summed E-state index contributed by atoms with van der Waals surface area (Å²) in [6, 6.07) is 12.1. The van der Waals surface area contributed by atoms with E-state index in [0.717, 1.165) is 0 Å². The van der Waals surface area contributed by atoms with E-state index in [4.69, 9.17) is 21.1 Å². The van der Waals surface area contributed by atoms with Gasteiger partial charge >= 0.3 is 0 Å². The van der Waals surface area contributed by atoms with Gasteiger partial charge in [-0.25, -0.2) is 0 Å². The number of hydrogen-bond donors (Lipinski definition) is 2. The number of amides is 2. The van der Waals surface area contributed by atoms with E-state index in [-0.39, 0.29) is 30.4 Å². The van der Waals surface area contributed by atoms with Gasteiger partial charge in [0.1, 0.15) is 0 Å². The quantitative estimate of drug-likeness (QED) is 0.879. The highest BCUT2D eigenvalue weighted by atomic mass is 35.5. The lowest BCUT2D eigenvalue weighted by Gasteiger charge is -2.07. The summed E-state index contributed by atoms with van der Waals surface area (Å²) < 4.78 is 10.5. The average molecular weight is 359 g/mol. The third-order valence-electron chi connectivity index (χ3n) is 4.22. The summed E-state index contributed by atoms with van der Waals surface area (Å²) in [5.74, 6) is 0.293. The van der Waals surface area contributed by atoms with Crippen LogP contribution in [0.4, 0.5) is 11.4 Å². The van der Waals surface area contributed by atoms with Crippen molar-refractivity contribution in [3.8, 4) is 11.5 Å². The molecule has 0 radical (unpaired) electrons. The molecule has 1 aliphatic heterocycles. The standard InChI is InChI=1S/C18H15ClN2O4/c19-10-1-3-11(4-2-10)20-17(22)13-8-14(13)18(23)21-12-5-6-15-16(7-12)25-9-24-15/h1-7,13-14H,8-9H2,(H,20,22)(H,21,23). The number of ether oxygens (including phenoxy) is 2. The van der Waals surface area contributed by atoms with E-state index in [0.29, 0.717) is 34.3 Å². The number of hydrogen-bond acceptors (Lipinski definition) is 4. The summed E-state index contributed by atoms with van der Waals surface area (Å²) in [5, 5.41) is 6.22. The Kier molecular flexibility index (Phi) is 3.97. The molecule has 2 aromatic rings. The molecule has 25 heavy (non-hydrogen) atoms. The van der Waals surface area contributed by atoms with Crippen LogP contribution in [0.15, 0.2) is 42.5 Å². The fourth-order valence-corrected chi connectivity index (χ4v) is 2.88. The second kappa shape index (κ2) is 6.29. The minimum absolute atomic E-state index is 0.159. The maximum atomic E-state index is 12.3. The molecule has 0 aromatic heterocycles. The number of halogens is 1. The summed E-state index contributed by atoms with van der Waals surface area (Å²) in [6.07, 6.45) is 0.538. The highest BCUT2D eigenvalue weighted by molar-refractivity contribution is 6.30. The molecular formula is C18H15ClN2O4. The minimum atomic E-state index is -0.322. The average Bonchev–Trinajstić information content (AvgIpc) is 3.28. The van der Waals surface area contributed by atoms with E-state index < -0.39 is 0 Å². The van der Waals surface area contributed by atoms with Crippen molar-refractivity contribution in [2.24, 2.45) is 11.8 Å². The molecule has 4 rings (SSSR count). The van der Waals surface area contributed by atoms with Crippen LogP contribution in [-0.2, 0) is 9.59 Å². The first-order chi connectivity index (χ1) is 12.1. The van der Waals surface area contributed by atoms with Gasteiger partial charge in [0.2, 0.25) is 18.6 Å². The summed E-state index contributed by atoms with van der Waals surface area (Å²) in [6.45, 7) is 0.183. The number of rotatable bonds is 4. The molecule has 1 aliphatic carbocycles. The second-order valence-electron chi connectivity index (χ2n) is 6.00. The Morgan fingerprint density at radius 2 is 1.48 bits per heavy atom. The van der Waals surface area contributed by atoms with Crippen LogP contribution < -0.4 is 20.1 Å². The van der Waals surface area contributed by atoms with E-state index in [9.17, 15) is 9.59 Å². The molecule has 1 fully saturated rings. The Morgan fingerprint density at radius 3 is 2.20 bits per heavy atom. The smallest absolute Gasteiger partial charge is 0.231 e. The lowest BCUT2D eigenvalue weighted by atomic mass is 10.2. The van der Waals surface area contributed by atoms with E-state index in [2.05, 4.69) is 10.6 Å². The maximum absolute atomic E-state index is 12.3. The van der Waals surface area contributed by atoms with Crippen LogP contribution in [0.5, 0.6) is 11.5 Å². The zero-order chi connectivity index (χ0) is 17.4. The SMILES string of the molecule is O=C(Nc1ccc(Cl)cc1)C1CC1C(=O)Nc1ccc2c(c1)OCO2. The second-order valence-corrected chi connectivity index (χ2v) is 6.44. The van der Waals surface area contributed by atoms with Crippen molar-refractivity contribution < 1.29 is 19.1 Å². The highest BCUT2D eigenvalue weighted by Gasteiger charge is 2.48. The van der Waals surface area contributed by atoms with Crippen molar-refractivity contribution in [3.63, 3.8) is 0 Å². The Labute approximate surface area is 149 Å². The zero-order valence-electron chi connectivity index (χ0n) is 13.1. The normalized spacial score (nSPS) is 20.0. The van der Waals surface area contributed by atoms with Gasteiger partial charge in [0.25, 0.3) is 0 Å². The Hall–Kier alpha value is -2.73. The first kappa shape index (κ1) is 15.8. The van der Waals surface area contributed by atoms with Crippen molar-refractivity contribution in [1.82, 2.24) is 0 Å². The molecule has 0 saturated heterocycles. The topological polar surface area (TPSA) is 76.7 Å². The third-order valence-corrected chi connectivity index (χ3v) is 4.47. The van der Waals surface area contributed by atoms with Crippen LogP contribution in [0, 0.1) is 11.8 Å². The first-order valence-electron chi connectivity index (χ1n) is 7.87. The van der Waals surface area contributed by atoms with E-state index in [1.54, 1.807) is 42.5 Å². The van der Waals surface area contributed by atoms with E-state index in [1.807, 2.05) is 0 Å². The monoisotopic (exact) mass is 358 g/mol. The lowest BCUT2D eigenvalue weighted by Crippen LogP contribution is -2.20. The molecule has 2 aromatic carbocycles. The van der Waals surface area contributed by atoms with Gasteiger partial charge < -0.3 is 20.1 Å². The van der Waals surface area contributed by atoms with Crippen LogP contribution >= 0.6 is 11.6 Å². The molecule has 2 atom stereocenters. The van der Waals surface area contributed by atoms with Gasteiger partial charge in [-0.2, -0.15) is 0 Å². The minimum Gasteiger partial charge on any atom is -0.454 e. The van der Waals surface area contributed by atoms with Crippen molar-refractivity contribution in [2.45, 2.75) is 6.42 Å². The van der Waals surface area contributed by atoms with Crippen LogP contribution in [-0.4, -0.2) is 18.6 Å². The van der Waals surface area contributed by atoms with Gasteiger partial charge in [0.05, 0.1) is 11.8 Å². The molecular weight excluding hydrogens is 344 g/mol. The van der Waals surface area contributed by atoms with E-state index >= 15 is 0 Å². The number of carbonyl (C=O) groups is 2. The van der Waals surface area contributed by atoms with Gasteiger partial charge in [-0.1, -0.05) is 11.6 Å². The predicted molar refractivity (Wildman–Crippen MR) is 92.9 cm³/mol. The van der Waals surface area contributed by atoms with Crippen LogP contribution in [0.1, 0.15) is 6.42 Å². The van der Waals surface area contributed by atoms with Crippen molar-refractivity contribution in [1.29, 1.82) is 0 Å². The molecule has 0 bridgehead atoms. The maximum Gasteiger partial charge on any atom is 0.231 e. The lowest BCUT2D eigenvalue weighted by molar-refractivity contribution is -0.122. The van der Waals surface area contributed by atoms with Gasteiger partial charge in [-0.15, -0.1) is 0 Å². The summed E-state index contributed by atoms with van der Waals surface area (Å²) in [7, 11) is 0. The number of nitrogens with one attached hydrogen (secondary N) is 2. The molecule has 0 spiro atoms. The van der Waals surface area contributed by atoms with Crippen molar-refractivity contribution in [2.75, 3.05) is 17.4 Å². The van der Waals surface area contributed by atoms with Gasteiger partial charge in [-0.3, -0.25) is 9.59 Å². The van der Waals surface area contributed by atoms with Gasteiger partial charge in [0, 0.05) is 22.5 Å². The Balaban J connectivity index is 1.33. The number of anilines is 2. The largest absolute Gasteiger partial charge is 0.454 e. The molecule has 6 nitrogen and oxygen atoms in total. The summed E-state index contributed by atoms with van der Waals surface area (Å²) >= 11 is 5.82. The Morgan fingerprint density at radius 1 is 0.880 bits per heavy atom. The fraction of sp³-hybridized carbons (Fsp3) is 0.222. The number of benzene rings is 2. The highest BCUT2D eigenvalue weighted by Crippen LogP contribution is 2.41. The van der Waals surface area contributed by atoms with Gasteiger partial charge in [0.15, 0.2) is 11.5 Å². The Bertz CT molecular complexity index is 837. The fourth-order valence-electron chi connectivity index (χ4n) is 2.75. The summed E-state index contributed by atoms with van der Waals surface area (Å²) in [4.78, 5) is 24.5. The van der Waals surface area contributed by atoms with Crippen LogP contribution in [0.3, 0.4) is 0 Å². The third kappa shape index (κ3) is 3.39. The molecule has 1 saturated carbocycles. The van der Waals surface area contributed by atoms with Crippen molar-refractivity contribution in [3.05, 3.63) is 47.5 Å². The molecule has 2 unspecified atom stereocenters. The predicted octanol–water partition coefficient (Wildman–Crippen LogP) is 3.28. The molecule has 2 aliphatic rings. The molecule has 7 heteroatoms. The van der Waals surface area contributed by atoms with Gasteiger partial charge in [-0.05, 0) is 42.8 Å². The molecule has 128 valence electrons. The zero-order valence-corrected chi connectivity index (χ0v) is 13.9. The number of carbonyl (C=O) groups excluding carboxylic acids is 2. The first-order valence-corrected chi connectivity index (χ1v) is 8.25. The van der Waals surface area contributed by atoms with Crippen LogP contribution in [0.2, 0.25) is 5.02 Å². The van der Waals surface area contributed by atoms with Crippen LogP contribution in [0.25, 0.3) is 0 Å². The number of fused-ring (bicyclic) bond motifs is 1. The molecule has 2 amide bonds. The molecule has 1 heterocycles. The van der Waals surface area contributed by atoms with Crippen molar-refractivity contribution >= 4 is 34.8 Å².